The fraction of sp³-hybridized carbons (Fsp3) is 0.727. The average molecular weight is 196 g/mol. The Bertz CT molecular complexity index is 242. The van der Waals surface area contributed by atoms with Gasteiger partial charge >= 0.3 is 0 Å². The van der Waals surface area contributed by atoms with Gasteiger partial charge in [-0.2, -0.15) is 0 Å². The molecule has 2 unspecified atom stereocenters. The van der Waals surface area contributed by atoms with Gasteiger partial charge < -0.3 is 10.6 Å². The minimum absolute atomic E-state index is 0.133. The molecule has 0 bridgehead atoms. The summed E-state index contributed by atoms with van der Waals surface area (Å²) in [6.45, 7) is 7.57. The Morgan fingerprint density at radius 2 is 2.21 bits per heavy atom. The van der Waals surface area contributed by atoms with Gasteiger partial charge in [-0.25, -0.2) is 0 Å². The minimum atomic E-state index is 0.133. The van der Waals surface area contributed by atoms with E-state index in [9.17, 15) is 4.79 Å². The largest absolute Gasteiger partial charge is 0.339 e. The molecule has 80 valence electrons. The Balaban J connectivity index is 2.50. The third-order valence-electron chi connectivity index (χ3n) is 2.69. The van der Waals surface area contributed by atoms with Crippen LogP contribution in [-0.2, 0) is 4.79 Å². The van der Waals surface area contributed by atoms with Crippen LogP contribution in [-0.4, -0.2) is 29.9 Å². The van der Waals surface area contributed by atoms with Crippen LogP contribution >= 0.6 is 0 Å². The van der Waals surface area contributed by atoms with Crippen LogP contribution in [0.25, 0.3) is 0 Å². The lowest BCUT2D eigenvalue weighted by Gasteiger charge is -2.16. The van der Waals surface area contributed by atoms with Crippen LogP contribution < -0.4 is 5.73 Å². The van der Waals surface area contributed by atoms with Crippen LogP contribution in [0.1, 0.15) is 27.2 Å². The molecule has 1 saturated heterocycles. The van der Waals surface area contributed by atoms with Gasteiger partial charge in [0.25, 0.3) is 0 Å². The summed E-state index contributed by atoms with van der Waals surface area (Å²) in [5.74, 6) is 0.609. The summed E-state index contributed by atoms with van der Waals surface area (Å²) >= 11 is 0. The molecule has 14 heavy (non-hydrogen) atoms. The molecule has 3 heteroatoms. The summed E-state index contributed by atoms with van der Waals surface area (Å²) in [7, 11) is 0. The first-order chi connectivity index (χ1) is 6.50. The molecule has 0 radical (unpaired) electrons. The molecule has 1 amide bonds. The van der Waals surface area contributed by atoms with Crippen molar-refractivity contribution in [1.29, 1.82) is 0 Å². The van der Waals surface area contributed by atoms with Gasteiger partial charge in [-0.1, -0.05) is 5.57 Å². The fourth-order valence-corrected chi connectivity index (χ4v) is 1.75. The summed E-state index contributed by atoms with van der Waals surface area (Å²) < 4.78 is 0. The number of nitrogens with zero attached hydrogens (tertiary/aromatic N) is 1. The van der Waals surface area contributed by atoms with Gasteiger partial charge in [0.15, 0.2) is 0 Å². The number of carbonyl (C=O) groups is 1. The van der Waals surface area contributed by atoms with Crippen molar-refractivity contribution < 1.29 is 4.79 Å². The van der Waals surface area contributed by atoms with Crippen LogP contribution in [0.2, 0.25) is 0 Å². The highest BCUT2D eigenvalue weighted by atomic mass is 16.2. The molecule has 1 aliphatic heterocycles. The molecule has 0 aliphatic carbocycles. The van der Waals surface area contributed by atoms with E-state index in [0.717, 1.165) is 25.1 Å². The number of allylic oxidation sites excluding steroid dienone is 1. The molecule has 0 spiro atoms. The second kappa shape index (κ2) is 4.60. The van der Waals surface area contributed by atoms with E-state index in [1.165, 1.54) is 0 Å². The zero-order valence-corrected chi connectivity index (χ0v) is 9.29. The normalized spacial score (nSPS) is 23.4. The third-order valence-corrected chi connectivity index (χ3v) is 2.69. The number of carbonyl (C=O) groups excluding carboxylic acids is 1. The standard InChI is InChI=1S/C11H20N2O/c1-8(2)6-11(14)13-5-4-10(7-13)9(3)12/h6,9-10H,4-5,7,12H2,1-3H3. The van der Waals surface area contributed by atoms with Crippen molar-refractivity contribution in [2.75, 3.05) is 13.1 Å². The minimum Gasteiger partial charge on any atom is -0.339 e. The molecule has 0 saturated carbocycles. The number of likely N-dealkylation sites (tertiary alicyclic amines) is 1. The maximum atomic E-state index is 11.6. The number of nitrogens with two attached hydrogens (primary N) is 1. The van der Waals surface area contributed by atoms with Crippen LogP contribution in [0, 0.1) is 5.92 Å². The topological polar surface area (TPSA) is 46.3 Å². The Kier molecular flexibility index (Phi) is 3.69. The molecule has 0 aromatic rings. The smallest absolute Gasteiger partial charge is 0.246 e. The molecular formula is C11H20N2O. The second-order valence-electron chi connectivity index (χ2n) is 4.41. The Morgan fingerprint density at radius 3 is 2.64 bits per heavy atom. The lowest BCUT2D eigenvalue weighted by Crippen LogP contribution is -2.32. The first-order valence-corrected chi connectivity index (χ1v) is 5.20. The molecule has 2 N–H and O–H groups in total. The first-order valence-electron chi connectivity index (χ1n) is 5.20. The molecule has 1 aliphatic rings. The molecular weight excluding hydrogens is 176 g/mol. The third kappa shape index (κ3) is 2.84. The molecule has 1 rings (SSSR count). The van der Waals surface area contributed by atoms with Gasteiger partial charge in [-0.05, 0) is 33.1 Å². The van der Waals surface area contributed by atoms with Gasteiger partial charge in [0.1, 0.15) is 0 Å². The van der Waals surface area contributed by atoms with Crippen LogP contribution in [0.15, 0.2) is 11.6 Å². The van der Waals surface area contributed by atoms with Crippen molar-refractivity contribution in [3.63, 3.8) is 0 Å². The predicted molar refractivity (Wildman–Crippen MR) is 57.8 cm³/mol. The predicted octanol–water partition coefficient (Wildman–Crippen LogP) is 1.15. The van der Waals surface area contributed by atoms with E-state index in [2.05, 4.69) is 0 Å². The highest BCUT2D eigenvalue weighted by Gasteiger charge is 2.27. The quantitative estimate of drug-likeness (QED) is 0.673. The Hall–Kier alpha value is -0.830. The zero-order chi connectivity index (χ0) is 10.7. The first kappa shape index (κ1) is 11.2. The molecule has 0 aromatic carbocycles. The van der Waals surface area contributed by atoms with E-state index in [4.69, 9.17) is 5.73 Å². The lowest BCUT2D eigenvalue weighted by atomic mass is 10.0. The maximum Gasteiger partial charge on any atom is 0.246 e. The van der Waals surface area contributed by atoms with Crippen LogP contribution in [0.3, 0.4) is 0 Å². The number of hydrogen-bond acceptors (Lipinski definition) is 2. The fourth-order valence-electron chi connectivity index (χ4n) is 1.75. The summed E-state index contributed by atoms with van der Waals surface area (Å²) in [5, 5.41) is 0. The van der Waals surface area contributed by atoms with Gasteiger partial charge in [0.05, 0.1) is 0 Å². The van der Waals surface area contributed by atoms with Crippen molar-refractivity contribution in [3.8, 4) is 0 Å². The lowest BCUT2D eigenvalue weighted by molar-refractivity contribution is -0.125. The summed E-state index contributed by atoms with van der Waals surface area (Å²) in [6, 6.07) is 0.194. The van der Waals surface area contributed by atoms with E-state index >= 15 is 0 Å². The zero-order valence-electron chi connectivity index (χ0n) is 9.29. The average Bonchev–Trinajstić information content (AvgIpc) is 2.50. The summed E-state index contributed by atoms with van der Waals surface area (Å²) in [4.78, 5) is 13.5. The van der Waals surface area contributed by atoms with E-state index in [1.807, 2.05) is 25.7 Å². The van der Waals surface area contributed by atoms with Crippen molar-refractivity contribution in [2.24, 2.45) is 11.7 Å². The Labute approximate surface area is 86.0 Å². The molecule has 3 nitrogen and oxygen atoms in total. The Morgan fingerprint density at radius 1 is 1.57 bits per heavy atom. The number of hydrogen-bond donors (Lipinski definition) is 1. The van der Waals surface area contributed by atoms with Crippen molar-refractivity contribution in [2.45, 2.75) is 33.2 Å². The molecule has 1 fully saturated rings. The van der Waals surface area contributed by atoms with Crippen molar-refractivity contribution in [3.05, 3.63) is 11.6 Å². The second-order valence-corrected chi connectivity index (χ2v) is 4.41. The van der Waals surface area contributed by atoms with E-state index in [-0.39, 0.29) is 11.9 Å². The summed E-state index contributed by atoms with van der Waals surface area (Å²) in [5.41, 5.74) is 6.86. The number of amides is 1. The van der Waals surface area contributed by atoms with Gasteiger partial charge in [-0.3, -0.25) is 4.79 Å². The van der Waals surface area contributed by atoms with Crippen LogP contribution in [0.5, 0.6) is 0 Å². The van der Waals surface area contributed by atoms with Gasteiger partial charge in [-0.15, -0.1) is 0 Å². The molecule has 2 atom stereocenters. The molecule has 1 heterocycles. The van der Waals surface area contributed by atoms with E-state index < -0.39 is 0 Å². The van der Waals surface area contributed by atoms with Gasteiger partial charge in [0, 0.05) is 25.2 Å². The number of rotatable bonds is 2. The van der Waals surface area contributed by atoms with Crippen LogP contribution in [0.4, 0.5) is 0 Å². The van der Waals surface area contributed by atoms with Crippen molar-refractivity contribution >= 4 is 5.91 Å². The van der Waals surface area contributed by atoms with Gasteiger partial charge in [0.2, 0.25) is 5.91 Å². The highest BCUT2D eigenvalue weighted by Crippen LogP contribution is 2.18. The molecule has 0 aromatic heterocycles. The maximum absolute atomic E-state index is 11.6. The summed E-state index contributed by atoms with van der Waals surface area (Å²) in [6.07, 6.45) is 2.74. The monoisotopic (exact) mass is 196 g/mol. The van der Waals surface area contributed by atoms with E-state index in [0.29, 0.717) is 5.92 Å². The SMILES string of the molecule is CC(C)=CC(=O)N1CCC(C(C)N)C1. The van der Waals surface area contributed by atoms with Crippen molar-refractivity contribution in [1.82, 2.24) is 4.90 Å². The highest BCUT2D eigenvalue weighted by molar-refractivity contribution is 5.88. The van der Waals surface area contributed by atoms with E-state index in [1.54, 1.807) is 6.08 Å².